The minimum absolute atomic E-state index is 0.114. The molecular formula is C14H25N5O. The smallest absolute Gasteiger partial charge is 0.254 e. The molecule has 4 N–H and O–H groups in total. The van der Waals surface area contributed by atoms with Crippen molar-refractivity contribution in [3.05, 3.63) is 11.8 Å². The predicted molar refractivity (Wildman–Crippen MR) is 81.9 cm³/mol. The molecule has 0 spiro atoms. The molecule has 0 fully saturated rings. The van der Waals surface area contributed by atoms with Gasteiger partial charge in [-0.1, -0.05) is 20.8 Å². The largest absolute Gasteiger partial charge is 0.365 e. The Hall–Kier alpha value is -1.85. The Morgan fingerprint density at radius 1 is 1.25 bits per heavy atom. The van der Waals surface area contributed by atoms with Gasteiger partial charge >= 0.3 is 0 Å². The van der Waals surface area contributed by atoms with Gasteiger partial charge in [-0.05, 0) is 26.2 Å². The van der Waals surface area contributed by atoms with Gasteiger partial charge < -0.3 is 16.4 Å². The molecule has 6 heteroatoms. The van der Waals surface area contributed by atoms with Crippen LogP contribution in [0.4, 0.5) is 11.8 Å². The highest BCUT2D eigenvalue weighted by Gasteiger charge is 2.18. The summed E-state index contributed by atoms with van der Waals surface area (Å²) in [6.45, 7) is 13.1. The molecule has 0 unspecified atom stereocenters. The summed E-state index contributed by atoms with van der Waals surface area (Å²) in [6.07, 6.45) is 1.45. The highest BCUT2D eigenvalue weighted by molar-refractivity contribution is 5.97. The van der Waals surface area contributed by atoms with Crippen LogP contribution < -0.4 is 16.4 Å². The highest BCUT2D eigenvalue weighted by atomic mass is 16.1. The normalized spacial score (nSPS) is 12.1. The third kappa shape index (κ3) is 5.42. The van der Waals surface area contributed by atoms with E-state index in [1.54, 1.807) is 0 Å². The van der Waals surface area contributed by atoms with E-state index in [0.717, 1.165) is 6.54 Å². The predicted octanol–water partition coefficient (Wildman–Crippen LogP) is 2.24. The van der Waals surface area contributed by atoms with Gasteiger partial charge in [-0.25, -0.2) is 4.98 Å². The van der Waals surface area contributed by atoms with Crippen LogP contribution in [0.25, 0.3) is 0 Å². The monoisotopic (exact) mass is 279 g/mol. The van der Waals surface area contributed by atoms with E-state index >= 15 is 0 Å². The maximum atomic E-state index is 11.4. The zero-order valence-electron chi connectivity index (χ0n) is 13.2. The molecule has 0 atom stereocenters. The summed E-state index contributed by atoms with van der Waals surface area (Å²) in [4.78, 5) is 19.9. The number of amides is 1. The average molecular weight is 279 g/mol. The molecule has 0 bridgehead atoms. The number of carbonyl (C=O) groups excluding carboxylic acids is 1. The fraction of sp³-hybridized carbons (Fsp3) is 0.643. The molecular weight excluding hydrogens is 254 g/mol. The van der Waals surface area contributed by atoms with Gasteiger partial charge in [-0.15, -0.1) is 0 Å². The summed E-state index contributed by atoms with van der Waals surface area (Å²) < 4.78 is 0. The molecule has 0 radical (unpaired) electrons. The van der Waals surface area contributed by atoms with Gasteiger partial charge in [-0.3, -0.25) is 4.79 Å². The number of rotatable bonds is 4. The van der Waals surface area contributed by atoms with E-state index in [1.165, 1.54) is 6.20 Å². The number of hydrogen-bond acceptors (Lipinski definition) is 5. The van der Waals surface area contributed by atoms with Crippen molar-refractivity contribution in [3.63, 3.8) is 0 Å². The van der Waals surface area contributed by atoms with Crippen molar-refractivity contribution in [1.29, 1.82) is 0 Å². The van der Waals surface area contributed by atoms with Crippen molar-refractivity contribution < 1.29 is 4.79 Å². The minimum Gasteiger partial charge on any atom is -0.365 e. The van der Waals surface area contributed by atoms with Crippen molar-refractivity contribution >= 4 is 17.7 Å². The average Bonchev–Trinajstić information content (AvgIpc) is 2.22. The van der Waals surface area contributed by atoms with E-state index in [-0.39, 0.29) is 11.0 Å². The summed E-state index contributed by atoms with van der Waals surface area (Å²) in [5.74, 6) is 0.396. The molecule has 0 aliphatic carbocycles. The first kappa shape index (κ1) is 16.2. The van der Waals surface area contributed by atoms with Gasteiger partial charge in [0.1, 0.15) is 5.82 Å². The van der Waals surface area contributed by atoms with Crippen LogP contribution in [0.3, 0.4) is 0 Å². The molecule has 1 aromatic heterocycles. The molecule has 20 heavy (non-hydrogen) atoms. The van der Waals surface area contributed by atoms with E-state index in [0.29, 0.717) is 17.3 Å². The van der Waals surface area contributed by atoms with Gasteiger partial charge in [0.2, 0.25) is 5.95 Å². The summed E-state index contributed by atoms with van der Waals surface area (Å²) in [6, 6.07) is 0. The third-order valence-corrected chi connectivity index (χ3v) is 2.32. The minimum atomic E-state index is -0.542. The zero-order chi connectivity index (χ0) is 15.6. The second-order valence-corrected chi connectivity index (χ2v) is 7.11. The first-order chi connectivity index (χ1) is 8.98. The number of nitrogens with one attached hydrogen (secondary N) is 2. The van der Waals surface area contributed by atoms with Gasteiger partial charge in [0.25, 0.3) is 5.91 Å². The van der Waals surface area contributed by atoms with Crippen molar-refractivity contribution in [2.75, 3.05) is 17.2 Å². The number of carbonyl (C=O) groups is 1. The van der Waals surface area contributed by atoms with Crippen LogP contribution in [0.15, 0.2) is 6.20 Å². The standard InChI is InChI=1S/C14H25N5O/c1-13(2,3)8-17-12-16-7-9(10(15)20)11(18-12)19-14(4,5)6/h7H,8H2,1-6H3,(H2,15,20)(H2,16,17,18,19). The molecule has 1 rings (SSSR count). The Morgan fingerprint density at radius 3 is 2.30 bits per heavy atom. The quantitative estimate of drug-likeness (QED) is 0.786. The molecule has 112 valence electrons. The van der Waals surface area contributed by atoms with E-state index in [9.17, 15) is 4.79 Å². The molecule has 0 aliphatic rings. The second-order valence-electron chi connectivity index (χ2n) is 7.11. The lowest BCUT2D eigenvalue weighted by molar-refractivity contribution is 0.100. The Labute approximate surface area is 120 Å². The SMILES string of the molecule is CC(C)(C)CNc1ncc(C(N)=O)c(NC(C)(C)C)n1. The lowest BCUT2D eigenvalue weighted by Crippen LogP contribution is -2.29. The first-order valence-electron chi connectivity index (χ1n) is 6.67. The molecule has 0 saturated heterocycles. The van der Waals surface area contributed by atoms with Gasteiger partial charge in [0.05, 0.1) is 5.56 Å². The van der Waals surface area contributed by atoms with E-state index in [1.807, 2.05) is 20.8 Å². The molecule has 0 saturated carbocycles. The summed E-state index contributed by atoms with van der Waals surface area (Å²) in [5.41, 5.74) is 5.53. The Morgan fingerprint density at radius 2 is 1.85 bits per heavy atom. The lowest BCUT2D eigenvalue weighted by atomic mass is 9.97. The number of nitrogens with two attached hydrogens (primary N) is 1. The van der Waals surface area contributed by atoms with Crippen molar-refractivity contribution in [2.45, 2.75) is 47.1 Å². The van der Waals surface area contributed by atoms with Crippen molar-refractivity contribution in [2.24, 2.45) is 11.1 Å². The third-order valence-electron chi connectivity index (χ3n) is 2.32. The maximum Gasteiger partial charge on any atom is 0.254 e. The molecule has 0 aliphatic heterocycles. The fourth-order valence-electron chi connectivity index (χ4n) is 1.44. The topological polar surface area (TPSA) is 92.9 Å². The molecule has 6 nitrogen and oxygen atoms in total. The zero-order valence-corrected chi connectivity index (χ0v) is 13.2. The van der Waals surface area contributed by atoms with E-state index in [2.05, 4.69) is 41.4 Å². The second kappa shape index (κ2) is 5.64. The van der Waals surface area contributed by atoms with Crippen LogP contribution in [0.2, 0.25) is 0 Å². The molecule has 1 heterocycles. The summed E-state index contributed by atoms with van der Waals surface area (Å²) >= 11 is 0. The number of hydrogen-bond donors (Lipinski definition) is 3. The van der Waals surface area contributed by atoms with Crippen LogP contribution in [0.5, 0.6) is 0 Å². The van der Waals surface area contributed by atoms with Gasteiger partial charge in [0, 0.05) is 18.3 Å². The lowest BCUT2D eigenvalue weighted by Gasteiger charge is -2.23. The van der Waals surface area contributed by atoms with Gasteiger partial charge in [0.15, 0.2) is 0 Å². The van der Waals surface area contributed by atoms with Crippen molar-refractivity contribution in [3.8, 4) is 0 Å². The maximum absolute atomic E-state index is 11.4. The highest BCUT2D eigenvalue weighted by Crippen LogP contribution is 2.19. The van der Waals surface area contributed by atoms with Crippen molar-refractivity contribution in [1.82, 2.24) is 9.97 Å². The molecule has 1 aromatic rings. The number of anilines is 2. The summed E-state index contributed by atoms with van der Waals surface area (Å²) in [7, 11) is 0. The molecule has 1 amide bonds. The number of nitrogens with zero attached hydrogens (tertiary/aromatic N) is 2. The Balaban J connectivity index is 3.01. The van der Waals surface area contributed by atoms with E-state index < -0.39 is 5.91 Å². The van der Waals surface area contributed by atoms with Crippen LogP contribution in [-0.4, -0.2) is 28.0 Å². The van der Waals surface area contributed by atoms with E-state index in [4.69, 9.17) is 5.73 Å². The van der Waals surface area contributed by atoms with Crippen LogP contribution >= 0.6 is 0 Å². The fourth-order valence-corrected chi connectivity index (χ4v) is 1.44. The first-order valence-corrected chi connectivity index (χ1v) is 6.67. The summed E-state index contributed by atoms with van der Waals surface area (Å²) in [5, 5.41) is 6.34. The Kier molecular flexibility index (Phi) is 4.57. The number of aromatic nitrogens is 2. The van der Waals surface area contributed by atoms with Crippen LogP contribution in [0, 0.1) is 5.41 Å². The Bertz CT molecular complexity index is 485. The molecule has 0 aromatic carbocycles. The van der Waals surface area contributed by atoms with Crippen LogP contribution in [0.1, 0.15) is 51.9 Å². The van der Waals surface area contributed by atoms with Crippen LogP contribution in [-0.2, 0) is 0 Å². The van der Waals surface area contributed by atoms with Gasteiger partial charge in [-0.2, -0.15) is 4.98 Å². The number of primary amides is 1.